The molecule has 5 N–H and O–H groups in total. The Labute approximate surface area is 192 Å². The Balaban J connectivity index is 1.57. The van der Waals surface area contributed by atoms with Crippen LogP contribution in [-0.2, 0) is 11.2 Å². The number of rotatable bonds is 7. The lowest BCUT2D eigenvalue weighted by Gasteiger charge is -2.39. The fourth-order valence-electron chi connectivity index (χ4n) is 4.03. The van der Waals surface area contributed by atoms with Gasteiger partial charge in [-0.3, -0.25) is 5.10 Å². The Morgan fingerprint density at radius 2 is 1.61 bits per heavy atom. The second kappa shape index (κ2) is 10.0. The third-order valence-corrected chi connectivity index (χ3v) is 5.96. The van der Waals surface area contributed by atoms with Crippen molar-refractivity contribution in [3.05, 3.63) is 71.4 Å². The minimum atomic E-state index is -1.52. The van der Waals surface area contributed by atoms with Gasteiger partial charge >= 0.3 is 0 Å². The molecule has 0 bridgehead atoms. The van der Waals surface area contributed by atoms with E-state index in [1.807, 2.05) is 32.0 Å². The number of benzene rings is 2. The van der Waals surface area contributed by atoms with Crippen LogP contribution in [0.3, 0.4) is 0 Å². The van der Waals surface area contributed by atoms with Crippen LogP contribution in [-0.4, -0.2) is 67.9 Å². The Hall–Kier alpha value is -2.75. The Morgan fingerprint density at radius 1 is 0.939 bits per heavy atom. The van der Waals surface area contributed by atoms with E-state index in [0.29, 0.717) is 6.42 Å². The predicted molar refractivity (Wildman–Crippen MR) is 122 cm³/mol. The number of H-pyrrole nitrogens is 1. The number of hydrogen-bond donors (Lipinski definition) is 5. The lowest BCUT2D eigenvalue weighted by atomic mass is 9.97. The Morgan fingerprint density at radius 3 is 2.24 bits per heavy atom. The summed E-state index contributed by atoms with van der Waals surface area (Å²) in [6, 6.07) is 18.4. The summed E-state index contributed by atoms with van der Waals surface area (Å²) in [5.41, 5.74) is 5.02. The molecule has 1 aliphatic rings. The molecule has 0 aliphatic carbocycles. The van der Waals surface area contributed by atoms with Crippen LogP contribution in [0.15, 0.2) is 54.6 Å². The van der Waals surface area contributed by atoms with E-state index in [4.69, 9.17) is 9.47 Å². The summed E-state index contributed by atoms with van der Waals surface area (Å²) in [4.78, 5) is 0. The van der Waals surface area contributed by atoms with E-state index < -0.39 is 37.3 Å². The van der Waals surface area contributed by atoms with Gasteiger partial charge in [-0.15, -0.1) is 5.10 Å². The summed E-state index contributed by atoms with van der Waals surface area (Å²) in [5, 5.41) is 47.1. The van der Waals surface area contributed by atoms with Gasteiger partial charge in [0, 0.05) is 17.7 Å². The lowest BCUT2D eigenvalue weighted by molar-refractivity contribution is -0.278. The predicted octanol–water partition coefficient (Wildman–Crippen LogP) is 1.97. The standard InChI is InChI=1S/C25H30N2O6/c1-14(2)20-18(12-15-8-10-17(11-9-15)16-6-4-3-5-7-16)24(27-26-20)33-25-23(31)22(30)21(29)19(13-28)32-25/h3-11,14,19,21-23,25,28-31H,12-13H2,1-2H3,(H,26,27)/t19-,21-,22+,23-,25+/m1/s1. The highest BCUT2D eigenvalue weighted by molar-refractivity contribution is 5.63. The monoisotopic (exact) mass is 454 g/mol. The van der Waals surface area contributed by atoms with Crippen LogP contribution >= 0.6 is 0 Å². The summed E-state index contributed by atoms with van der Waals surface area (Å²) in [5.74, 6) is 0.387. The van der Waals surface area contributed by atoms with Gasteiger partial charge in [-0.1, -0.05) is 68.4 Å². The summed E-state index contributed by atoms with van der Waals surface area (Å²) in [6.07, 6.45) is -6.27. The molecule has 1 aromatic heterocycles. The molecule has 0 radical (unpaired) electrons. The molecule has 1 fully saturated rings. The molecule has 5 atom stereocenters. The molecule has 8 nitrogen and oxygen atoms in total. The molecular formula is C25H30N2O6. The molecule has 33 heavy (non-hydrogen) atoms. The number of aliphatic hydroxyl groups is 4. The number of nitrogens with one attached hydrogen (secondary N) is 1. The maximum absolute atomic E-state index is 10.3. The maximum Gasteiger partial charge on any atom is 0.238 e. The molecule has 0 amide bonds. The molecule has 8 heteroatoms. The van der Waals surface area contributed by atoms with Crippen molar-refractivity contribution >= 4 is 0 Å². The minimum Gasteiger partial charge on any atom is -0.443 e. The molecule has 3 aromatic rings. The van der Waals surface area contributed by atoms with Crippen LogP contribution in [0, 0.1) is 0 Å². The van der Waals surface area contributed by atoms with Gasteiger partial charge in [0.15, 0.2) is 0 Å². The summed E-state index contributed by atoms with van der Waals surface area (Å²) in [7, 11) is 0. The van der Waals surface area contributed by atoms with Gasteiger partial charge in [0.25, 0.3) is 0 Å². The van der Waals surface area contributed by atoms with Crippen molar-refractivity contribution in [1.29, 1.82) is 0 Å². The largest absolute Gasteiger partial charge is 0.443 e. The Bertz CT molecular complexity index is 1030. The van der Waals surface area contributed by atoms with Crippen LogP contribution < -0.4 is 4.74 Å². The average molecular weight is 455 g/mol. The average Bonchev–Trinajstić information content (AvgIpc) is 3.22. The number of aromatic amines is 1. The van der Waals surface area contributed by atoms with Crippen molar-refractivity contribution in [2.24, 2.45) is 0 Å². The summed E-state index contributed by atoms with van der Waals surface area (Å²) >= 11 is 0. The smallest absolute Gasteiger partial charge is 0.238 e. The van der Waals surface area contributed by atoms with Crippen LogP contribution in [0.4, 0.5) is 0 Å². The topological polar surface area (TPSA) is 128 Å². The molecular weight excluding hydrogens is 424 g/mol. The van der Waals surface area contributed by atoms with Gasteiger partial charge in [0.2, 0.25) is 12.2 Å². The molecule has 1 aliphatic heterocycles. The number of nitrogens with zero attached hydrogens (tertiary/aromatic N) is 1. The molecule has 2 heterocycles. The highest BCUT2D eigenvalue weighted by Gasteiger charge is 2.45. The molecule has 0 unspecified atom stereocenters. The second-order valence-electron chi connectivity index (χ2n) is 8.63. The lowest BCUT2D eigenvalue weighted by Crippen LogP contribution is -2.60. The molecule has 2 aromatic carbocycles. The SMILES string of the molecule is CC(C)c1[nH]nc(O[C@@H]2O[C@H](CO)[C@@H](O)[C@H](O)[C@H]2O)c1Cc1ccc(-c2ccccc2)cc1. The van der Waals surface area contributed by atoms with Crippen molar-refractivity contribution in [2.45, 2.75) is 56.9 Å². The van der Waals surface area contributed by atoms with E-state index >= 15 is 0 Å². The fraction of sp³-hybridized carbons (Fsp3) is 0.400. The minimum absolute atomic E-state index is 0.142. The maximum atomic E-state index is 10.3. The zero-order valence-electron chi connectivity index (χ0n) is 18.6. The van der Waals surface area contributed by atoms with Gasteiger partial charge in [-0.25, -0.2) is 0 Å². The highest BCUT2D eigenvalue weighted by Crippen LogP contribution is 2.31. The molecule has 0 saturated carbocycles. The fourth-order valence-corrected chi connectivity index (χ4v) is 4.03. The van der Waals surface area contributed by atoms with Crippen molar-refractivity contribution in [3.63, 3.8) is 0 Å². The van der Waals surface area contributed by atoms with Crippen LogP contribution in [0.1, 0.15) is 36.6 Å². The van der Waals surface area contributed by atoms with E-state index in [2.05, 4.69) is 46.6 Å². The van der Waals surface area contributed by atoms with Gasteiger partial charge in [-0.05, 0) is 22.6 Å². The third kappa shape index (κ3) is 4.95. The van der Waals surface area contributed by atoms with Gasteiger partial charge in [0.1, 0.15) is 24.4 Å². The van der Waals surface area contributed by atoms with E-state index in [1.54, 1.807) is 0 Å². The first-order chi connectivity index (χ1) is 15.9. The van der Waals surface area contributed by atoms with E-state index in [0.717, 1.165) is 27.9 Å². The van der Waals surface area contributed by atoms with Crippen LogP contribution in [0.2, 0.25) is 0 Å². The van der Waals surface area contributed by atoms with Crippen LogP contribution in [0.25, 0.3) is 11.1 Å². The molecule has 176 valence electrons. The first-order valence-corrected chi connectivity index (χ1v) is 11.1. The van der Waals surface area contributed by atoms with E-state index in [-0.39, 0.29) is 11.8 Å². The first kappa shape index (κ1) is 23.4. The van der Waals surface area contributed by atoms with E-state index in [1.165, 1.54) is 0 Å². The molecule has 1 saturated heterocycles. The summed E-state index contributed by atoms with van der Waals surface area (Å²) < 4.78 is 11.3. The van der Waals surface area contributed by atoms with Crippen molar-refractivity contribution < 1.29 is 29.9 Å². The Kier molecular flexibility index (Phi) is 7.11. The van der Waals surface area contributed by atoms with Crippen molar-refractivity contribution in [2.75, 3.05) is 6.61 Å². The molecule has 0 spiro atoms. The normalized spacial score (nSPS) is 25.4. The second-order valence-corrected chi connectivity index (χ2v) is 8.63. The van der Waals surface area contributed by atoms with Crippen LogP contribution in [0.5, 0.6) is 5.88 Å². The van der Waals surface area contributed by atoms with Gasteiger partial charge in [-0.2, -0.15) is 0 Å². The van der Waals surface area contributed by atoms with Gasteiger partial charge in [0.05, 0.1) is 6.61 Å². The number of ether oxygens (including phenoxy) is 2. The van der Waals surface area contributed by atoms with Crippen molar-refractivity contribution in [3.8, 4) is 17.0 Å². The quantitative estimate of drug-likeness (QED) is 0.369. The number of aromatic nitrogens is 2. The number of aliphatic hydroxyl groups excluding tert-OH is 4. The first-order valence-electron chi connectivity index (χ1n) is 11.1. The summed E-state index contributed by atoms with van der Waals surface area (Å²) in [6.45, 7) is 3.55. The van der Waals surface area contributed by atoms with Gasteiger partial charge < -0.3 is 29.9 Å². The zero-order valence-corrected chi connectivity index (χ0v) is 18.6. The number of hydrogen-bond acceptors (Lipinski definition) is 7. The van der Waals surface area contributed by atoms with E-state index in [9.17, 15) is 20.4 Å². The zero-order chi connectivity index (χ0) is 23.5. The highest BCUT2D eigenvalue weighted by atomic mass is 16.7. The third-order valence-electron chi connectivity index (χ3n) is 5.96. The molecule has 4 rings (SSSR count). The van der Waals surface area contributed by atoms with Crippen molar-refractivity contribution in [1.82, 2.24) is 10.2 Å².